The molecule has 2 aromatic rings. The second-order valence-corrected chi connectivity index (χ2v) is 7.27. The molecule has 2 aliphatic heterocycles. The van der Waals surface area contributed by atoms with Gasteiger partial charge in [0.25, 0.3) is 5.91 Å². The first-order valence-corrected chi connectivity index (χ1v) is 9.56. The summed E-state index contributed by atoms with van der Waals surface area (Å²) < 4.78 is 0. The van der Waals surface area contributed by atoms with E-state index < -0.39 is 0 Å². The number of fused-ring (bicyclic) bond motifs is 1. The van der Waals surface area contributed by atoms with Crippen molar-refractivity contribution in [3.05, 3.63) is 65.2 Å². The van der Waals surface area contributed by atoms with Crippen LogP contribution < -0.4 is 4.90 Å². The van der Waals surface area contributed by atoms with Gasteiger partial charge in [0.05, 0.1) is 6.61 Å². The third kappa shape index (κ3) is 3.47. The van der Waals surface area contributed by atoms with Gasteiger partial charge in [-0.1, -0.05) is 30.3 Å². The highest BCUT2D eigenvalue weighted by Crippen LogP contribution is 2.32. The van der Waals surface area contributed by atoms with Crippen molar-refractivity contribution in [1.29, 1.82) is 0 Å². The van der Waals surface area contributed by atoms with Gasteiger partial charge in [0.15, 0.2) is 0 Å². The topological polar surface area (TPSA) is 60.9 Å². The lowest BCUT2D eigenvalue weighted by molar-refractivity contribution is -0.119. The summed E-state index contributed by atoms with van der Waals surface area (Å²) in [5, 5.41) is 9.13. The number of hydrogen-bond donors (Lipinski definition) is 1. The first-order valence-electron chi connectivity index (χ1n) is 9.56. The summed E-state index contributed by atoms with van der Waals surface area (Å²) in [4.78, 5) is 29.1. The molecular weight excluding hydrogens is 340 g/mol. The van der Waals surface area contributed by atoms with Gasteiger partial charge in [-0.3, -0.25) is 9.59 Å². The number of nitrogens with zero attached hydrogens (tertiary/aromatic N) is 2. The molecule has 0 atom stereocenters. The van der Waals surface area contributed by atoms with E-state index in [-0.39, 0.29) is 24.5 Å². The lowest BCUT2D eigenvalue weighted by Gasteiger charge is -2.41. The summed E-state index contributed by atoms with van der Waals surface area (Å²) in [7, 11) is 0. The Morgan fingerprint density at radius 1 is 1.00 bits per heavy atom. The van der Waals surface area contributed by atoms with E-state index in [1.807, 2.05) is 28.0 Å². The number of rotatable bonds is 3. The van der Waals surface area contributed by atoms with E-state index >= 15 is 0 Å². The molecule has 0 aliphatic carbocycles. The number of likely N-dealkylation sites (tertiary alicyclic amines) is 1. The predicted octanol–water partition coefficient (Wildman–Crippen LogP) is 2.76. The standard InChI is InChI=1S/C22H24N2O3/c25-15-16-5-7-18(8-6-16)22(27)23-13-11-19(12-14-23)24-20-4-2-1-3-17(20)9-10-21(24)26/h1-8,19,25H,9-15H2. The summed E-state index contributed by atoms with van der Waals surface area (Å²) in [6.45, 7) is 1.28. The highest BCUT2D eigenvalue weighted by atomic mass is 16.3. The summed E-state index contributed by atoms with van der Waals surface area (Å²) in [5.41, 5.74) is 3.72. The van der Waals surface area contributed by atoms with Gasteiger partial charge in [0, 0.05) is 36.8 Å². The second-order valence-electron chi connectivity index (χ2n) is 7.27. The first kappa shape index (κ1) is 17.7. The fourth-order valence-corrected chi connectivity index (χ4v) is 4.12. The molecule has 4 rings (SSSR count). The third-order valence-electron chi connectivity index (χ3n) is 5.63. The van der Waals surface area contributed by atoms with E-state index in [1.54, 1.807) is 24.3 Å². The number of piperidine rings is 1. The average Bonchev–Trinajstić information content (AvgIpc) is 2.73. The number of aliphatic hydroxyl groups excluding tert-OH is 1. The van der Waals surface area contributed by atoms with Crippen LogP contribution in [0.2, 0.25) is 0 Å². The van der Waals surface area contributed by atoms with Gasteiger partial charge in [-0.2, -0.15) is 0 Å². The molecule has 0 bridgehead atoms. The van der Waals surface area contributed by atoms with Crippen LogP contribution in [-0.4, -0.2) is 41.0 Å². The van der Waals surface area contributed by atoms with E-state index in [2.05, 4.69) is 6.07 Å². The van der Waals surface area contributed by atoms with Crippen LogP contribution in [0.15, 0.2) is 48.5 Å². The molecular formula is C22H24N2O3. The molecule has 1 saturated heterocycles. The maximum Gasteiger partial charge on any atom is 0.253 e. The van der Waals surface area contributed by atoms with Gasteiger partial charge in [-0.15, -0.1) is 0 Å². The van der Waals surface area contributed by atoms with Crippen molar-refractivity contribution in [3.63, 3.8) is 0 Å². The number of amides is 2. The maximum absolute atomic E-state index is 12.7. The Kier molecular flexibility index (Phi) is 4.94. The zero-order valence-corrected chi connectivity index (χ0v) is 15.3. The molecule has 0 radical (unpaired) electrons. The number of anilines is 1. The smallest absolute Gasteiger partial charge is 0.253 e. The molecule has 0 aromatic heterocycles. The highest BCUT2D eigenvalue weighted by molar-refractivity contribution is 5.97. The lowest BCUT2D eigenvalue weighted by Crippen LogP contribution is -2.50. The number of aryl methyl sites for hydroxylation is 1. The fraction of sp³-hybridized carbons (Fsp3) is 0.364. The minimum Gasteiger partial charge on any atom is -0.392 e. The number of hydrogen-bond acceptors (Lipinski definition) is 3. The number of benzene rings is 2. The van der Waals surface area contributed by atoms with Crippen molar-refractivity contribution in [2.45, 2.75) is 38.3 Å². The molecule has 140 valence electrons. The number of para-hydroxylation sites is 1. The summed E-state index contributed by atoms with van der Waals surface area (Å²) in [5.74, 6) is 0.210. The quantitative estimate of drug-likeness (QED) is 0.911. The van der Waals surface area contributed by atoms with Crippen LogP contribution in [0.5, 0.6) is 0 Å². The van der Waals surface area contributed by atoms with E-state index in [0.29, 0.717) is 25.1 Å². The van der Waals surface area contributed by atoms with Crippen molar-refractivity contribution in [3.8, 4) is 0 Å². The normalized spacial score (nSPS) is 17.7. The van der Waals surface area contributed by atoms with Crippen LogP contribution in [-0.2, 0) is 17.8 Å². The van der Waals surface area contributed by atoms with E-state index in [9.17, 15) is 9.59 Å². The highest BCUT2D eigenvalue weighted by Gasteiger charge is 2.33. The SMILES string of the molecule is O=C(c1ccc(CO)cc1)N1CCC(N2C(=O)CCc3ccccc32)CC1. The van der Waals surface area contributed by atoms with Gasteiger partial charge in [-0.05, 0) is 48.6 Å². The zero-order chi connectivity index (χ0) is 18.8. The molecule has 27 heavy (non-hydrogen) atoms. The maximum atomic E-state index is 12.7. The Morgan fingerprint density at radius 2 is 1.70 bits per heavy atom. The third-order valence-corrected chi connectivity index (χ3v) is 5.63. The van der Waals surface area contributed by atoms with E-state index in [1.165, 1.54) is 5.56 Å². The van der Waals surface area contributed by atoms with Crippen LogP contribution >= 0.6 is 0 Å². The zero-order valence-electron chi connectivity index (χ0n) is 15.3. The fourth-order valence-electron chi connectivity index (χ4n) is 4.12. The van der Waals surface area contributed by atoms with Crippen molar-refractivity contribution in [2.24, 2.45) is 0 Å². The van der Waals surface area contributed by atoms with Crippen molar-refractivity contribution < 1.29 is 14.7 Å². The van der Waals surface area contributed by atoms with E-state index in [0.717, 1.165) is 30.5 Å². The average molecular weight is 364 g/mol. The Balaban J connectivity index is 1.44. The first-order chi connectivity index (χ1) is 13.2. The molecule has 2 aliphatic rings. The van der Waals surface area contributed by atoms with Crippen molar-refractivity contribution in [2.75, 3.05) is 18.0 Å². The monoisotopic (exact) mass is 364 g/mol. The molecule has 2 amide bonds. The van der Waals surface area contributed by atoms with E-state index in [4.69, 9.17) is 5.11 Å². The minimum atomic E-state index is -0.0226. The Morgan fingerprint density at radius 3 is 2.41 bits per heavy atom. The molecule has 2 heterocycles. The molecule has 1 fully saturated rings. The van der Waals surface area contributed by atoms with Gasteiger partial charge in [0.1, 0.15) is 0 Å². The van der Waals surface area contributed by atoms with Crippen LogP contribution in [0.4, 0.5) is 5.69 Å². The second kappa shape index (κ2) is 7.53. The van der Waals surface area contributed by atoms with Crippen molar-refractivity contribution >= 4 is 17.5 Å². The molecule has 0 unspecified atom stereocenters. The van der Waals surface area contributed by atoms with Gasteiger partial charge in [-0.25, -0.2) is 0 Å². The minimum absolute atomic E-state index is 0.0170. The number of carbonyl (C=O) groups is 2. The number of aliphatic hydroxyl groups is 1. The van der Waals surface area contributed by atoms with Gasteiger partial charge in [0.2, 0.25) is 5.91 Å². The molecule has 0 spiro atoms. The molecule has 5 nitrogen and oxygen atoms in total. The summed E-state index contributed by atoms with van der Waals surface area (Å²) in [6.07, 6.45) is 2.96. The van der Waals surface area contributed by atoms with Crippen LogP contribution in [0.1, 0.15) is 40.7 Å². The Hall–Kier alpha value is -2.66. The molecule has 0 saturated carbocycles. The predicted molar refractivity (Wildman–Crippen MR) is 104 cm³/mol. The Bertz CT molecular complexity index is 839. The van der Waals surface area contributed by atoms with Crippen LogP contribution in [0.25, 0.3) is 0 Å². The van der Waals surface area contributed by atoms with Gasteiger partial charge < -0.3 is 14.9 Å². The largest absolute Gasteiger partial charge is 0.392 e. The Labute approximate surface area is 159 Å². The molecule has 1 N–H and O–H groups in total. The number of carbonyl (C=O) groups excluding carboxylic acids is 2. The van der Waals surface area contributed by atoms with Crippen LogP contribution in [0.3, 0.4) is 0 Å². The lowest BCUT2D eigenvalue weighted by atomic mass is 9.95. The van der Waals surface area contributed by atoms with Gasteiger partial charge >= 0.3 is 0 Å². The van der Waals surface area contributed by atoms with Crippen molar-refractivity contribution in [1.82, 2.24) is 4.90 Å². The molecule has 2 aromatic carbocycles. The molecule has 5 heteroatoms. The summed E-state index contributed by atoms with van der Waals surface area (Å²) in [6, 6.07) is 15.4. The van der Waals surface area contributed by atoms with Crippen LogP contribution in [0, 0.1) is 0 Å². The summed E-state index contributed by atoms with van der Waals surface area (Å²) >= 11 is 0.